The lowest BCUT2D eigenvalue weighted by molar-refractivity contribution is -0.185. The molecule has 8 atom stereocenters. The van der Waals surface area contributed by atoms with Crippen molar-refractivity contribution in [2.45, 2.75) is 88.8 Å². The number of hydrogen-bond acceptors (Lipinski definition) is 13. The fourth-order valence-corrected chi connectivity index (χ4v) is 8.20. The number of nitrogens with zero attached hydrogens (tertiary/aromatic N) is 1. The van der Waals surface area contributed by atoms with E-state index in [1.807, 2.05) is 6.07 Å². The predicted octanol–water partition coefficient (Wildman–Crippen LogP) is 3.21. The van der Waals surface area contributed by atoms with Crippen LogP contribution in [0.1, 0.15) is 52.2 Å². The number of piperidine rings is 1. The van der Waals surface area contributed by atoms with Crippen molar-refractivity contribution in [3.8, 4) is 11.5 Å². The Kier molecular flexibility index (Phi) is 11.3. The lowest BCUT2D eigenvalue weighted by atomic mass is 9.55. The minimum absolute atomic E-state index is 0.264. The molecule has 4 rings (SSSR count). The molecule has 1 aliphatic carbocycles. The number of esters is 4. The number of likely N-dealkylation sites (tertiary alicyclic amines) is 1. The van der Waals surface area contributed by atoms with Crippen molar-refractivity contribution in [3.63, 3.8) is 0 Å². The van der Waals surface area contributed by atoms with Crippen LogP contribution in [0.15, 0.2) is 24.3 Å². The van der Waals surface area contributed by atoms with Crippen molar-refractivity contribution in [2.24, 2.45) is 5.92 Å². The highest BCUT2D eigenvalue weighted by atomic mass is 32.2. The van der Waals surface area contributed by atoms with Gasteiger partial charge in [0.15, 0.2) is 23.7 Å². The number of ether oxygens (including phenoxy) is 7. The summed E-state index contributed by atoms with van der Waals surface area (Å²) in [4.78, 5) is 50.8. The number of carbonyl (C=O) groups is 4. The lowest BCUT2D eigenvalue weighted by Crippen LogP contribution is -2.61. The molecule has 12 nitrogen and oxygen atoms in total. The van der Waals surface area contributed by atoms with E-state index in [4.69, 9.17) is 33.2 Å². The predicted molar refractivity (Wildman–Crippen MR) is 169 cm³/mol. The highest BCUT2D eigenvalue weighted by Gasteiger charge is 2.61. The van der Waals surface area contributed by atoms with E-state index in [1.54, 1.807) is 14.0 Å². The molecule has 0 radical (unpaired) electrons. The van der Waals surface area contributed by atoms with Gasteiger partial charge in [-0.15, -0.1) is 11.8 Å². The molecule has 254 valence electrons. The van der Waals surface area contributed by atoms with E-state index in [0.717, 1.165) is 44.7 Å². The molecular formula is C33H45NO11S. The molecule has 2 heterocycles. The Balaban J connectivity index is 1.63. The summed E-state index contributed by atoms with van der Waals surface area (Å²) in [5.74, 6) is -0.746. The summed E-state index contributed by atoms with van der Waals surface area (Å²) in [6, 6.07) is 4.43. The molecule has 2 bridgehead atoms. The molecule has 1 aromatic carbocycles. The summed E-state index contributed by atoms with van der Waals surface area (Å²) in [5.41, 5.74) is 1.98. The van der Waals surface area contributed by atoms with Gasteiger partial charge in [-0.1, -0.05) is 19.6 Å². The van der Waals surface area contributed by atoms with Crippen molar-refractivity contribution >= 4 is 35.6 Å². The highest BCUT2D eigenvalue weighted by molar-refractivity contribution is 8.00. The van der Waals surface area contributed by atoms with E-state index in [-0.39, 0.29) is 17.4 Å². The molecular weight excluding hydrogens is 618 g/mol. The molecule has 0 amide bonds. The normalized spacial score (nSPS) is 25.5. The van der Waals surface area contributed by atoms with Gasteiger partial charge in [0.25, 0.3) is 0 Å². The summed E-state index contributed by atoms with van der Waals surface area (Å²) in [7, 11) is 4.96. The molecule has 1 spiro atoms. The second-order valence-electron chi connectivity index (χ2n) is 12.1. The minimum Gasteiger partial charge on any atom is -0.493 e. The van der Waals surface area contributed by atoms with Crippen LogP contribution in [0.4, 0.5) is 0 Å². The van der Waals surface area contributed by atoms with Crippen molar-refractivity contribution in [1.82, 2.24) is 4.90 Å². The third-order valence-electron chi connectivity index (χ3n) is 9.22. The molecule has 0 aromatic heterocycles. The molecule has 1 aromatic rings. The first-order valence-corrected chi connectivity index (χ1v) is 16.4. The lowest BCUT2D eigenvalue weighted by Gasteiger charge is -2.54. The minimum atomic E-state index is -1.50. The standard InChI is InChI=1S/C33H45NO11S/c1-17(30-33-12-13-34(7)24(18(33)2)14-23-10-11-25(39-8)28(44-30)27(23)33)16-46-32(19(3)42-21(5)36)45-29(31(38)40-9)26(43-22(6)37)15-41-20(4)35/h10-11,18-19,24,26,29-30,32H,1,12-16H2,2-9H3/t18?,19?,24?,26?,29-,30?,32-,33?/m0/s1. The Labute approximate surface area is 274 Å². The Morgan fingerprint density at radius 1 is 1.11 bits per heavy atom. The molecule has 1 saturated heterocycles. The number of benzene rings is 1. The van der Waals surface area contributed by atoms with Crippen LogP contribution in [0.5, 0.6) is 11.5 Å². The third kappa shape index (κ3) is 7.01. The quantitative estimate of drug-likeness (QED) is 0.125. The van der Waals surface area contributed by atoms with Crippen LogP contribution in [0, 0.1) is 5.92 Å². The van der Waals surface area contributed by atoms with E-state index in [2.05, 4.69) is 31.5 Å². The van der Waals surface area contributed by atoms with Gasteiger partial charge in [0.05, 0.1) is 14.2 Å². The Morgan fingerprint density at radius 3 is 2.41 bits per heavy atom. The molecule has 13 heteroatoms. The number of fused-ring (bicyclic) bond motifs is 1. The maximum Gasteiger partial charge on any atom is 0.339 e. The van der Waals surface area contributed by atoms with E-state index < -0.39 is 54.2 Å². The van der Waals surface area contributed by atoms with E-state index >= 15 is 0 Å². The first-order valence-electron chi connectivity index (χ1n) is 15.3. The number of thioether (sulfide) groups is 1. The zero-order valence-electron chi connectivity index (χ0n) is 27.8. The van der Waals surface area contributed by atoms with Gasteiger partial charge in [-0.05, 0) is 56.5 Å². The molecule has 6 unspecified atom stereocenters. The zero-order valence-corrected chi connectivity index (χ0v) is 28.6. The second kappa shape index (κ2) is 14.6. The van der Waals surface area contributed by atoms with Gasteiger partial charge < -0.3 is 38.1 Å². The Hall–Kier alpha value is -3.29. The van der Waals surface area contributed by atoms with E-state index in [0.29, 0.717) is 17.5 Å². The van der Waals surface area contributed by atoms with Gasteiger partial charge in [0, 0.05) is 43.5 Å². The average molecular weight is 664 g/mol. The smallest absolute Gasteiger partial charge is 0.339 e. The average Bonchev–Trinajstić information content (AvgIpc) is 3.34. The van der Waals surface area contributed by atoms with Crippen LogP contribution >= 0.6 is 11.8 Å². The van der Waals surface area contributed by atoms with E-state index in [9.17, 15) is 19.2 Å². The molecule has 1 fully saturated rings. The van der Waals surface area contributed by atoms with Gasteiger partial charge in [-0.3, -0.25) is 14.4 Å². The summed E-state index contributed by atoms with van der Waals surface area (Å²) in [6.07, 6.45) is -2.23. The first kappa shape index (κ1) is 35.6. The first-order chi connectivity index (χ1) is 21.7. The Morgan fingerprint density at radius 2 is 1.80 bits per heavy atom. The fourth-order valence-electron chi connectivity index (χ4n) is 7.14. The van der Waals surface area contributed by atoms with Crippen molar-refractivity contribution in [3.05, 3.63) is 35.4 Å². The van der Waals surface area contributed by atoms with Crippen LogP contribution < -0.4 is 9.47 Å². The second-order valence-corrected chi connectivity index (χ2v) is 13.2. The monoisotopic (exact) mass is 663 g/mol. The van der Waals surface area contributed by atoms with Gasteiger partial charge in [-0.25, -0.2) is 4.79 Å². The number of methoxy groups -OCH3 is 2. The summed E-state index contributed by atoms with van der Waals surface area (Å²) in [5, 5.41) is 0. The van der Waals surface area contributed by atoms with Gasteiger partial charge in [-0.2, -0.15) is 0 Å². The number of carbonyl (C=O) groups excluding carboxylic acids is 4. The molecule has 3 aliphatic rings. The summed E-state index contributed by atoms with van der Waals surface area (Å²) in [6.45, 7) is 12.5. The third-order valence-corrected chi connectivity index (χ3v) is 10.6. The van der Waals surface area contributed by atoms with Gasteiger partial charge >= 0.3 is 23.9 Å². The molecule has 2 aliphatic heterocycles. The Bertz CT molecular complexity index is 1350. The highest BCUT2D eigenvalue weighted by Crippen LogP contribution is 2.61. The van der Waals surface area contributed by atoms with Crippen LogP contribution in [-0.2, 0) is 54.7 Å². The van der Waals surface area contributed by atoms with Crippen LogP contribution in [0.3, 0.4) is 0 Å². The number of rotatable bonds is 14. The van der Waals surface area contributed by atoms with Crippen LogP contribution in [-0.4, -0.2) is 105 Å². The van der Waals surface area contributed by atoms with E-state index in [1.165, 1.54) is 36.7 Å². The molecule has 46 heavy (non-hydrogen) atoms. The number of likely N-dealkylation sites (N-methyl/N-ethyl adjacent to an activating group) is 1. The molecule has 0 saturated carbocycles. The fraction of sp³-hybridized carbons (Fsp3) is 0.636. The van der Waals surface area contributed by atoms with Crippen molar-refractivity contribution in [1.29, 1.82) is 0 Å². The maximum absolute atomic E-state index is 12.9. The summed E-state index contributed by atoms with van der Waals surface area (Å²) < 4.78 is 39.5. The van der Waals surface area contributed by atoms with Gasteiger partial charge in [0.1, 0.15) is 24.3 Å². The largest absolute Gasteiger partial charge is 0.493 e. The van der Waals surface area contributed by atoms with Crippen LogP contribution in [0.2, 0.25) is 0 Å². The summed E-state index contributed by atoms with van der Waals surface area (Å²) >= 11 is 1.26. The number of hydrogen-bond donors (Lipinski definition) is 0. The maximum atomic E-state index is 12.9. The topological polar surface area (TPSA) is 136 Å². The van der Waals surface area contributed by atoms with Gasteiger partial charge in [0.2, 0.25) is 0 Å². The van der Waals surface area contributed by atoms with Crippen LogP contribution in [0.25, 0.3) is 0 Å². The van der Waals surface area contributed by atoms with Crippen molar-refractivity contribution in [2.75, 3.05) is 40.2 Å². The zero-order chi connectivity index (χ0) is 33.9. The van der Waals surface area contributed by atoms with Crippen molar-refractivity contribution < 1.29 is 52.3 Å². The SMILES string of the molecule is C=C(CS[C@H](O[C@H](C(=O)OC)C(COC(C)=O)OC(C)=O)C(C)OC(C)=O)C1Oc2c(OC)ccc3c2C12CCN(C)C(C3)C2C. The molecule has 0 N–H and O–H groups in total.